The maximum atomic E-state index is 12.1. The van der Waals surface area contributed by atoms with Gasteiger partial charge in [0.15, 0.2) is 0 Å². The van der Waals surface area contributed by atoms with Crippen LogP contribution in [0.25, 0.3) is 10.8 Å². The van der Waals surface area contributed by atoms with Gasteiger partial charge in [-0.25, -0.2) is 4.79 Å². The number of carboxylic acid groups (broad SMARTS) is 1. The number of thiophene rings is 1. The number of amides is 1. The van der Waals surface area contributed by atoms with Crippen LogP contribution in [0.5, 0.6) is 0 Å². The minimum atomic E-state index is -1.11. The highest BCUT2D eigenvalue weighted by Gasteiger charge is 2.16. The first-order valence-corrected chi connectivity index (χ1v) is 8.52. The number of rotatable bonds is 5. The Morgan fingerprint density at radius 2 is 1.83 bits per heavy atom. The highest BCUT2D eigenvalue weighted by molar-refractivity contribution is 7.20. The fourth-order valence-electron chi connectivity index (χ4n) is 2.45. The Labute approximate surface area is 147 Å². The molecule has 2 aromatic carbocycles. The topological polar surface area (TPSA) is 66.4 Å². The lowest BCUT2D eigenvalue weighted by molar-refractivity contribution is -0.116. The third-order valence-corrected chi connectivity index (χ3v) is 4.82. The SMILES string of the molecule is O=C(CCc1ccc2ccccc2c1)Nc1sc(Cl)cc1C(=O)O. The van der Waals surface area contributed by atoms with E-state index in [0.717, 1.165) is 27.7 Å². The summed E-state index contributed by atoms with van der Waals surface area (Å²) in [6.45, 7) is 0. The molecule has 0 spiro atoms. The van der Waals surface area contributed by atoms with Crippen LogP contribution in [-0.2, 0) is 11.2 Å². The molecule has 1 heterocycles. The van der Waals surface area contributed by atoms with Crippen LogP contribution in [0.2, 0.25) is 4.34 Å². The third-order valence-electron chi connectivity index (χ3n) is 3.64. The summed E-state index contributed by atoms with van der Waals surface area (Å²) >= 11 is 6.87. The summed E-state index contributed by atoms with van der Waals surface area (Å²) in [5.74, 6) is -1.34. The first kappa shape index (κ1) is 16.5. The molecular weight excluding hydrogens is 346 g/mol. The van der Waals surface area contributed by atoms with Crippen LogP contribution >= 0.6 is 22.9 Å². The Kier molecular flexibility index (Phi) is 4.83. The van der Waals surface area contributed by atoms with Crippen LogP contribution in [0.3, 0.4) is 0 Å². The number of carboxylic acids is 1. The van der Waals surface area contributed by atoms with Crippen molar-refractivity contribution in [3.63, 3.8) is 0 Å². The van der Waals surface area contributed by atoms with Crippen molar-refractivity contribution in [2.75, 3.05) is 5.32 Å². The van der Waals surface area contributed by atoms with Crippen molar-refractivity contribution in [2.24, 2.45) is 0 Å². The fraction of sp³-hybridized carbons (Fsp3) is 0.111. The molecule has 0 fully saturated rings. The normalized spacial score (nSPS) is 10.7. The monoisotopic (exact) mass is 359 g/mol. The van der Waals surface area contributed by atoms with Crippen molar-refractivity contribution in [1.82, 2.24) is 0 Å². The third kappa shape index (κ3) is 3.75. The molecule has 6 heteroatoms. The zero-order chi connectivity index (χ0) is 17.1. The number of hydrogen-bond donors (Lipinski definition) is 2. The van der Waals surface area contributed by atoms with E-state index in [1.54, 1.807) is 0 Å². The predicted octanol–water partition coefficient (Wildman–Crippen LogP) is 4.82. The Morgan fingerprint density at radius 1 is 1.08 bits per heavy atom. The second kappa shape index (κ2) is 7.03. The van der Waals surface area contributed by atoms with Crippen LogP contribution in [0.1, 0.15) is 22.3 Å². The standard InChI is InChI=1S/C18H14ClNO3S/c19-15-10-14(18(22)23)17(24-15)20-16(21)8-6-11-5-7-12-3-1-2-4-13(12)9-11/h1-5,7,9-10H,6,8H2,(H,20,21)(H,22,23). The number of halogens is 1. The van der Waals surface area contributed by atoms with Gasteiger partial charge in [0.1, 0.15) is 5.00 Å². The van der Waals surface area contributed by atoms with Crippen LogP contribution in [0.4, 0.5) is 5.00 Å². The molecule has 3 aromatic rings. The van der Waals surface area contributed by atoms with Crippen molar-refractivity contribution in [2.45, 2.75) is 12.8 Å². The lowest BCUT2D eigenvalue weighted by Gasteiger charge is -2.06. The second-order valence-corrected chi connectivity index (χ2v) is 7.01. The molecule has 0 saturated heterocycles. The van der Waals surface area contributed by atoms with E-state index in [2.05, 4.69) is 11.4 Å². The summed E-state index contributed by atoms with van der Waals surface area (Å²) in [4.78, 5) is 23.2. The van der Waals surface area contributed by atoms with Crippen LogP contribution in [0, 0.1) is 0 Å². The van der Waals surface area contributed by atoms with E-state index < -0.39 is 5.97 Å². The van der Waals surface area contributed by atoms with Gasteiger partial charge in [-0.1, -0.05) is 54.1 Å². The number of anilines is 1. The number of aromatic carboxylic acids is 1. The van der Waals surface area contributed by atoms with Crippen molar-refractivity contribution in [3.8, 4) is 0 Å². The maximum absolute atomic E-state index is 12.1. The average molecular weight is 360 g/mol. The molecule has 0 unspecified atom stereocenters. The predicted molar refractivity (Wildman–Crippen MR) is 97.2 cm³/mol. The van der Waals surface area contributed by atoms with Gasteiger partial charge in [0.05, 0.1) is 9.90 Å². The van der Waals surface area contributed by atoms with E-state index >= 15 is 0 Å². The number of benzene rings is 2. The Hall–Kier alpha value is -2.37. The van der Waals surface area contributed by atoms with Gasteiger partial charge < -0.3 is 10.4 Å². The molecule has 122 valence electrons. The molecule has 0 atom stereocenters. The van der Waals surface area contributed by atoms with Gasteiger partial charge in [-0.15, -0.1) is 11.3 Å². The number of nitrogens with one attached hydrogen (secondary N) is 1. The van der Waals surface area contributed by atoms with E-state index in [4.69, 9.17) is 16.7 Å². The van der Waals surface area contributed by atoms with Gasteiger partial charge in [0.25, 0.3) is 0 Å². The molecular formula is C18H14ClNO3S. The van der Waals surface area contributed by atoms with Crippen LogP contribution in [-0.4, -0.2) is 17.0 Å². The number of carbonyl (C=O) groups excluding carboxylic acids is 1. The highest BCUT2D eigenvalue weighted by atomic mass is 35.5. The number of fused-ring (bicyclic) bond motifs is 1. The lowest BCUT2D eigenvalue weighted by Crippen LogP contribution is -2.13. The Bertz CT molecular complexity index is 920. The first-order chi connectivity index (χ1) is 11.5. The van der Waals surface area contributed by atoms with Crippen molar-refractivity contribution in [1.29, 1.82) is 0 Å². The summed E-state index contributed by atoms with van der Waals surface area (Å²) < 4.78 is 0.331. The second-order valence-electron chi connectivity index (χ2n) is 5.33. The first-order valence-electron chi connectivity index (χ1n) is 7.33. The fourth-order valence-corrected chi connectivity index (χ4v) is 3.59. The van der Waals surface area contributed by atoms with E-state index in [9.17, 15) is 9.59 Å². The van der Waals surface area contributed by atoms with E-state index in [1.165, 1.54) is 6.07 Å². The van der Waals surface area contributed by atoms with Gasteiger partial charge >= 0.3 is 5.97 Å². The summed E-state index contributed by atoms with van der Waals surface area (Å²) in [7, 11) is 0. The molecule has 0 aliphatic rings. The molecule has 1 amide bonds. The molecule has 3 rings (SSSR count). The Balaban J connectivity index is 1.65. The maximum Gasteiger partial charge on any atom is 0.338 e. The minimum absolute atomic E-state index is 0.0176. The summed E-state index contributed by atoms with van der Waals surface area (Å²) in [5, 5.41) is 14.3. The molecule has 0 aliphatic heterocycles. The molecule has 0 radical (unpaired) electrons. The lowest BCUT2D eigenvalue weighted by atomic mass is 10.0. The molecule has 2 N–H and O–H groups in total. The van der Waals surface area contributed by atoms with Gasteiger partial charge in [0.2, 0.25) is 5.91 Å². The van der Waals surface area contributed by atoms with Crippen molar-refractivity contribution in [3.05, 3.63) is 64.0 Å². The van der Waals surface area contributed by atoms with E-state index in [-0.39, 0.29) is 22.9 Å². The Morgan fingerprint density at radius 3 is 2.58 bits per heavy atom. The summed E-state index contributed by atoms with van der Waals surface area (Å²) in [6, 6.07) is 15.5. The summed E-state index contributed by atoms with van der Waals surface area (Å²) in [6.07, 6.45) is 0.852. The molecule has 4 nitrogen and oxygen atoms in total. The van der Waals surface area contributed by atoms with Gasteiger partial charge in [-0.3, -0.25) is 4.79 Å². The molecule has 0 aliphatic carbocycles. The number of aryl methyl sites for hydroxylation is 1. The average Bonchev–Trinajstić information content (AvgIpc) is 2.93. The quantitative estimate of drug-likeness (QED) is 0.686. The van der Waals surface area contributed by atoms with Gasteiger partial charge in [-0.2, -0.15) is 0 Å². The van der Waals surface area contributed by atoms with Gasteiger partial charge in [0, 0.05) is 6.42 Å². The van der Waals surface area contributed by atoms with E-state index in [1.807, 2.05) is 36.4 Å². The zero-order valence-electron chi connectivity index (χ0n) is 12.6. The molecule has 24 heavy (non-hydrogen) atoms. The molecule has 0 bridgehead atoms. The smallest absolute Gasteiger partial charge is 0.338 e. The van der Waals surface area contributed by atoms with Crippen LogP contribution in [0.15, 0.2) is 48.5 Å². The largest absolute Gasteiger partial charge is 0.478 e. The van der Waals surface area contributed by atoms with E-state index in [0.29, 0.717) is 10.8 Å². The zero-order valence-corrected chi connectivity index (χ0v) is 14.2. The van der Waals surface area contributed by atoms with Crippen LogP contribution < -0.4 is 5.32 Å². The number of carbonyl (C=O) groups is 2. The molecule has 0 saturated carbocycles. The number of hydrogen-bond acceptors (Lipinski definition) is 3. The van der Waals surface area contributed by atoms with Crippen molar-refractivity contribution < 1.29 is 14.7 Å². The summed E-state index contributed by atoms with van der Waals surface area (Å²) in [5.41, 5.74) is 1.08. The highest BCUT2D eigenvalue weighted by Crippen LogP contribution is 2.31. The van der Waals surface area contributed by atoms with Crippen molar-refractivity contribution >= 4 is 50.6 Å². The van der Waals surface area contributed by atoms with Gasteiger partial charge in [-0.05, 0) is 28.8 Å². The molecule has 1 aromatic heterocycles. The minimum Gasteiger partial charge on any atom is -0.478 e.